The summed E-state index contributed by atoms with van der Waals surface area (Å²) in [5.41, 5.74) is 2.26. The molecule has 3 aromatic rings. The summed E-state index contributed by atoms with van der Waals surface area (Å²) in [4.78, 5) is 16.4. The predicted octanol–water partition coefficient (Wildman–Crippen LogP) is 3.68. The van der Waals surface area contributed by atoms with E-state index in [0.29, 0.717) is 23.7 Å². The van der Waals surface area contributed by atoms with Crippen molar-refractivity contribution in [3.05, 3.63) is 60.6 Å². The molecule has 1 aromatic carbocycles. The second kappa shape index (κ2) is 8.06. The number of rotatable bonds is 6. The molecule has 0 atom stereocenters. The Labute approximate surface area is 151 Å². The summed E-state index contributed by atoms with van der Waals surface area (Å²) in [5.74, 6) is 1.89. The van der Waals surface area contributed by atoms with Crippen LogP contribution in [0.5, 0.6) is 11.5 Å². The normalized spacial score (nSPS) is 10.2. The number of anilines is 1. The van der Waals surface area contributed by atoms with Gasteiger partial charge in [-0.25, -0.2) is 4.79 Å². The smallest absolute Gasteiger partial charge is 0.319 e. The van der Waals surface area contributed by atoms with Gasteiger partial charge in [0.15, 0.2) is 0 Å². The van der Waals surface area contributed by atoms with Crippen LogP contribution in [0.2, 0.25) is 0 Å². The van der Waals surface area contributed by atoms with Crippen LogP contribution in [0.1, 0.15) is 5.56 Å². The number of pyridine rings is 1. The van der Waals surface area contributed by atoms with Gasteiger partial charge < -0.3 is 24.5 Å². The number of ether oxygens (including phenoxy) is 2. The molecule has 2 aromatic heterocycles. The number of aromatic nitrogens is 1. The number of carbonyl (C=O) groups is 1. The van der Waals surface area contributed by atoms with Gasteiger partial charge in [0.2, 0.25) is 0 Å². The van der Waals surface area contributed by atoms with Crippen LogP contribution < -0.4 is 20.1 Å². The van der Waals surface area contributed by atoms with Gasteiger partial charge in [0.05, 0.1) is 26.2 Å². The van der Waals surface area contributed by atoms with Crippen LogP contribution in [-0.2, 0) is 6.54 Å². The molecule has 2 N–H and O–H groups in total. The number of methoxy groups -OCH3 is 2. The highest BCUT2D eigenvalue weighted by atomic mass is 16.5. The van der Waals surface area contributed by atoms with Crippen molar-refractivity contribution in [2.45, 2.75) is 6.54 Å². The first-order valence-electron chi connectivity index (χ1n) is 7.94. The van der Waals surface area contributed by atoms with Gasteiger partial charge in [-0.15, -0.1) is 0 Å². The van der Waals surface area contributed by atoms with Gasteiger partial charge in [0.1, 0.15) is 17.3 Å². The molecule has 0 spiro atoms. The summed E-state index contributed by atoms with van der Waals surface area (Å²) in [7, 11) is 3.10. The van der Waals surface area contributed by atoms with Crippen molar-refractivity contribution in [3.63, 3.8) is 0 Å². The van der Waals surface area contributed by atoms with Crippen molar-refractivity contribution in [2.75, 3.05) is 19.5 Å². The second-order valence-electron chi connectivity index (χ2n) is 5.43. The Kier molecular flexibility index (Phi) is 5.38. The van der Waals surface area contributed by atoms with Crippen molar-refractivity contribution in [3.8, 4) is 22.8 Å². The lowest BCUT2D eigenvalue weighted by atomic mass is 10.1. The minimum absolute atomic E-state index is 0.325. The van der Waals surface area contributed by atoms with Crippen molar-refractivity contribution >= 4 is 11.7 Å². The molecule has 2 amide bonds. The fourth-order valence-corrected chi connectivity index (χ4v) is 2.41. The van der Waals surface area contributed by atoms with E-state index in [1.807, 2.05) is 18.2 Å². The summed E-state index contributed by atoms with van der Waals surface area (Å²) in [5, 5.41) is 5.55. The topological polar surface area (TPSA) is 85.6 Å². The minimum atomic E-state index is -0.350. The van der Waals surface area contributed by atoms with Crippen LogP contribution in [0.4, 0.5) is 10.5 Å². The average molecular weight is 353 g/mol. The molecule has 0 saturated heterocycles. The van der Waals surface area contributed by atoms with Gasteiger partial charge in [0.25, 0.3) is 0 Å². The number of benzene rings is 1. The molecule has 0 aliphatic rings. The SMILES string of the molecule is COc1ccc(NC(=O)NCc2cncc(-c3ccco3)c2)c(OC)c1. The van der Waals surface area contributed by atoms with E-state index in [-0.39, 0.29) is 6.03 Å². The fourth-order valence-electron chi connectivity index (χ4n) is 2.41. The van der Waals surface area contributed by atoms with Crippen molar-refractivity contribution < 1.29 is 18.7 Å². The van der Waals surface area contributed by atoms with E-state index in [1.165, 1.54) is 7.11 Å². The van der Waals surface area contributed by atoms with Crippen LogP contribution in [0.15, 0.2) is 59.5 Å². The number of furan rings is 1. The third-order valence-corrected chi connectivity index (χ3v) is 3.71. The number of urea groups is 1. The fraction of sp³-hybridized carbons (Fsp3) is 0.158. The van der Waals surface area contributed by atoms with Gasteiger partial charge >= 0.3 is 6.03 Å². The molecule has 7 nitrogen and oxygen atoms in total. The molecule has 0 aliphatic heterocycles. The molecule has 0 fully saturated rings. The Morgan fingerprint density at radius 2 is 2.04 bits per heavy atom. The molecule has 134 valence electrons. The molecule has 26 heavy (non-hydrogen) atoms. The third kappa shape index (κ3) is 4.13. The van der Waals surface area contributed by atoms with Gasteiger partial charge in [-0.2, -0.15) is 0 Å². The van der Waals surface area contributed by atoms with Crippen LogP contribution in [0.3, 0.4) is 0 Å². The second-order valence-corrected chi connectivity index (χ2v) is 5.43. The zero-order valence-corrected chi connectivity index (χ0v) is 14.5. The van der Waals surface area contributed by atoms with Gasteiger partial charge in [-0.1, -0.05) is 0 Å². The van der Waals surface area contributed by atoms with E-state index in [0.717, 1.165) is 16.9 Å². The monoisotopic (exact) mass is 353 g/mol. The first kappa shape index (κ1) is 17.3. The molecule has 0 saturated carbocycles. The van der Waals surface area contributed by atoms with E-state index in [1.54, 1.807) is 44.0 Å². The lowest BCUT2D eigenvalue weighted by Gasteiger charge is -2.12. The van der Waals surface area contributed by atoms with Crippen LogP contribution in [-0.4, -0.2) is 25.2 Å². The lowest BCUT2D eigenvalue weighted by molar-refractivity contribution is 0.251. The maximum absolute atomic E-state index is 12.2. The highest BCUT2D eigenvalue weighted by Crippen LogP contribution is 2.28. The minimum Gasteiger partial charge on any atom is -0.497 e. The number of hydrogen-bond acceptors (Lipinski definition) is 5. The highest BCUT2D eigenvalue weighted by Gasteiger charge is 2.09. The number of amides is 2. The first-order chi connectivity index (χ1) is 12.7. The molecule has 0 aliphatic carbocycles. The van der Waals surface area contributed by atoms with Gasteiger partial charge in [-0.3, -0.25) is 4.98 Å². The van der Waals surface area contributed by atoms with Crippen molar-refractivity contribution in [2.24, 2.45) is 0 Å². The first-order valence-corrected chi connectivity index (χ1v) is 7.94. The zero-order chi connectivity index (χ0) is 18.4. The standard InChI is InChI=1S/C19H19N3O4/c1-24-15-5-6-16(18(9-15)25-2)22-19(23)21-11-13-8-14(12-20-10-13)17-4-3-7-26-17/h3-10,12H,11H2,1-2H3,(H2,21,22,23). The van der Waals surface area contributed by atoms with E-state index in [4.69, 9.17) is 13.9 Å². The van der Waals surface area contributed by atoms with Crippen LogP contribution in [0, 0.1) is 0 Å². The van der Waals surface area contributed by atoms with Gasteiger partial charge in [0, 0.05) is 30.6 Å². The number of carbonyl (C=O) groups excluding carboxylic acids is 1. The Morgan fingerprint density at radius 1 is 1.15 bits per heavy atom. The molecule has 0 unspecified atom stereocenters. The Bertz CT molecular complexity index is 878. The largest absolute Gasteiger partial charge is 0.497 e. The number of hydrogen-bond donors (Lipinski definition) is 2. The average Bonchev–Trinajstić information content (AvgIpc) is 3.22. The lowest BCUT2D eigenvalue weighted by Crippen LogP contribution is -2.28. The quantitative estimate of drug-likeness (QED) is 0.706. The molecule has 0 radical (unpaired) electrons. The van der Waals surface area contributed by atoms with E-state index in [9.17, 15) is 4.79 Å². The highest BCUT2D eigenvalue weighted by molar-refractivity contribution is 5.91. The summed E-state index contributed by atoms with van der Waals surface area (Å²) in [6.45, 7) is 0.325. The van der Waals surface area contributed by atoms with E-state index >= 15 is 0 Å². The molecule has 7 heteroatoms. The number of nitrogens with one attached hydrogen (secondary N) is 2. The molecule has 3 rings (SSSR count). The van der Waals surface area contributed by atoms with Gasteiger partial charge in [-0.05, 0) is 35.9 Å². The predicted molar refractivity (Wildman–Crippen MR) is 97.3 cm³/mol. The molecular weight excluding hydrogens is 334 g/mol. The third-order valence-electron chi connectivity index (χ3n) is 3.71. The number of nitrogens with zero attached hydrogens (tertiary/aromatic N) is 1. The Morgan fingerprint density at radius 3 is 2.77 bits per heavy atom. The maximum atomic E-state index is 12.2. The summed E-state index contributed by atoms with van der Waals surface area (Å²) < 4.78 is 15.8. The summed E-state index contributed by atoms with van der Waals surface area (Å²) >= 11 is 0. The molecule has 0 bridgehead atoms. The van der Waals surface area contributed by atoms with Crippen LogP contribution in [0.25, 0.3) is 11.3 Å². The Hall–Kier alpha value is -3.48. The van der Waals surface area contributed by atoms with Crippen molar-refractivity contribution in [1.82, 2.24) is 10.3 Å². The summed E-state index contributed by atoms with van der Waals surface area (Å²) in [6.07, 6.45) is 5.02. The summed E-state index contributed by atoms with van der Waals surface area (Å²) in [6, 6.07) is 10.4. The molecular formula is C19H19N3O4. The van der Waals surface area contributed by atoms with Crippen molar-refractivity contribution in [1.29, 1.82) is 0 Å². The maximum Gasteiger partial charge on any atom is 0.319 e. The van der Waals surface area contributed by atoms with E-state index < -0.39 is 0 Å². The zero-order valence-electron chi connectivity index (χ0n) is 14.5. The molecule has 2 heterocycles. The van der Waals surface area contributed by atoms with Crippen LogP contribution >= 0.6 is 0 Å². The Balaban J connectivity index is 1.62. The van der Waals surface area contributed by atoms with E-state index in [2.05, 4.69) is 15.6 Å².